The van der Waals surface area contributed by atoms with Gasteiger partial charge >= 0.3 is 0 Å². The number of carbonyl (C=O) groups excluding carboxylic acids is 1. The number of hydrogen-bond acceptors (Lipinski definition) is 3. The van der Waals surface area contributed by atoms with Crippen molar-refractivity contribution in [1.82, 2.24) is 5.32 Å². The lowest BCUT2D eigenvalue weighted by molar-refractivity contribution is -0.126. The highest BCUT2D eigenvalue weighted by Gasteiger charge is 2.26. The van der Waals surface area contributed by atoms with E-state index in [1.807, 2.05) is 0 Å². The average Bonchev–Trinajstić information content (AvgIpc) is 1.85. The smallest absolute Gasteiger partial charge is 0.246 e. The number of rotatable bonds is 3. The molecule has 1 fully saturated rings. The molecular weight excluding hydrogens is 144 g/mol. The molecule has 0 aliphatic heterocycles. The molecule has 1 aliphatic rings. The van der Waals surface area contributed by atoms with Crippen molar-refractivity contribution in [1.29, 1.82) is 0 Å². The summed E-state index contributed by atoms with van der Waals surface area (Å²) in [5.41, 5.74) is 5.54. The maximum absolute atomic E-state index is 10.9. The van der Waals surface area contributed by atoms with Gasteiger partial charge in [-0.3, -0.25) is 4.79 Å². The van der Waals surface area contributed by atoms with Gasteiger partial charge in [-0.1, -0.05) is 0 Å². The molecule has 1 rings (SSSR count). The van der Waals surface area contributed by atoms with E-state index >= 15 is 0 Å². The van der Waals surface area contributed by atoms with E-state index < -0.39 is 0 Å². The Morgan fingerprint density at radius 3 is 2.82 bits per heavy atom. The third kappa shape index (κ3) is 2.48. The van der Waals surface area contributed by atoms with E-state index in [2.05, 4.69) is 10.1 Å². The number of hydrogen-bond donors (Lipinski definition) is 2. The molecule has 1 aliphatic carbocycles. The van der Waals surface area contributed by atoms with Crippen LogP contribution in [0.25, 0.3) is 0 Å². The second-order valence-corrected chi connectivity index (χ2v) is 2.93. The highest BCUT2D eigenvalue weighted by molar-refractivity contribution is 5.77. The Hall–Kier alpha value is -0.610. The van der Waals surface area contributed by atoms with Gasteiger partial charge in [-0.25, -0.2) is 0 Å². The van der Waals surface area contributed by atoms with E-state index in [0.717, 1.165) is 12.8 Å². The molecule has 1 amide bonds. The zero-order valence-corrected chi connectivity index (χ0v) is 6.67. The van der Waals surface area contributed by atoms with Crippen molar-refractivity contribution in [3.05, 3.63) is 0 Å². The van der Waals surface area contributed by atoms with Crippen molar-refractivity contribution < 1.29 is 9.53 Å². The largest absolute Gasteiger partial charge is 0.375 e. The predicted octanol–water partition coefficient (Wildman–Crippen LogP) is -0.761. The molecule has 1 saturated carbocycles. The van der Waals surface area contributed by atoms with Crippen LogP contribution in [-0.4, -0.2) is 31.7 Å². The number of nitrogens with one attached hydrogen (secondary N) is 1. The van der Waals surface area contributed by atoms with Crippen LogP contribution in [0, 0.1) is 0 Å². The molecule has 0 bridgehead atoms. The molecule has 0 aromatic carbocycles. The molecule has 4 nitrogen and oxygen atoms in total. The van der Waals surface area contributed by atoms with Gasteiger partial charge in [0.2, 0.25) is 5.91 Å². The second-order valence-electron chi connectivity index (χ2n) is 2.93. The minimum atomic E-state index is -0.0515. The van der Waals surface area contributed by atoms with E-state index in [0.29, 0.717) is 0 Å². The molecule has 11 heavy (non-hydrogen) atoms. The van der Waals surface area contributed by atoms with Gasteiger partial charge < -0.3 is 15.8 Å². The van der Waals surface area contributed by atoms with E-state index in [9.17, 15) is 4.79 Å². The summed E-state index contributed by atoms with van der Waals surface area (Å²) in [5.74, 6) is -0.0515. The van der Waals surface area contributed by atoms with Crippen LogP contribution in [0.5, 0.6) is 0 Å². The maximum atomic E-state index is 10.9. The van der Waals surface area contributed by atoms with Crippen LogP contribution in [0.15, 0.2) is 0 Å². The Morgan fingerprint density at radius 2 is 2.36 bits per heavy atom. The van der Waals surface area contributed by atoms with Crippen LogP contribution >= 0.6 is 0 Å². The van der Waals surface area contributed by atoms with Gasteiger partial charge in [0.1, 0.15) is 6.61 Å². The molecule has 0 heterocycles. The number of methoxy groups -OCH3 is 1. The number of carbonyl (C=O) groups is 1. The molecular formula is C7H14N2O2. The topological polar surface area (TPSA) is 64.3 Å². The van der Waals surface area contributed by atoms with Crippen LogP contribution in [0.2, 0.25) is 0 Å². The van der Waals surface area contributed by atoms with Crippen molar-refractivity contribution in [3.8, 4) is 0 Å². The quantitative estimate of drug-likeness (QED) is 0.567. The number of amides is 1. The fraction of sp³-hybridized carbons (Fsp3) is 0.857. The van der Waals surface area contributed by atoms with Crippen LogP contribution in [0.4, 0.5) is 0 Å². The third-order valence-corrected chi connectivity index (χ3v) is 1.82. The van der Waals surface area contributed by atoms with Crippen molar-refractivity contribution in [3.63, 3.8) is 0 Å². The van der Waals surface area contributed by atoms with Gasteiger partial charge in [0.15, 0.2) is 0 Å². The first kappa shape index (κ1) is 8.49. The molecule has 3 N–H and O–H groups in total. The molecule has 0 radical (unpaired) electrons. The fourth-order valence-corrected chi connectivity index (χ4v) is 1.18. The maximum Gasteiger partial charge on any atom is 0.246 e. The molecule has 0 saturated heterocycles. The first-order chi connectivity index (χ1) is 5.22. The van der Waals surface area contributed by atoms with E-state index in [-0.39, 0.29) is 24.6 Å². The SMILES string of the molecule is COCC(=O)NC1CC(N)C1. The Morgan fingerprint density at radius 1 is 1.73 bits per heavy atom. The van der Waals surface area contributed by atoms with Crippen molar-refractivity contribution in [2.24, 2.45) is 5.73 Å². The molecule has 0 unspecified atom stereocenters. The third-order valence-electron chi connectivity index (χ3n) is 1.82. The summed E-state index contributed by atoms with van der Waals surface area (Å²) >= 11 is 0. The molecule has 0 atom stereocenters. The first-order valence-corrected chi connectivity index (χ1v) is 3.76. The molecule has 0 aromatic rings. The lowest BCUT2D eigenvalue weighted by atomic mass is 9.88. The van der Waals surface area contributed by atoms with Crippen LogP contribution in [0.3, 0.4) is 0 Å². The van der Waals surface area contributed by atoms with Gasteiger partial charge in [-0.2, -0.15) is 0 Å². The standard InChI is InChI=1S/C7H14N2O2/c1-11-4-7(10)9-6-2-5(8)3-6/h5-6H,2-4,8H2,1H3,(H,9,10). The highest BCUT2D eigenvalue weighted by Crippen LogP contribution is 2.16. The monoisotopic (exact) mass is 158 g/mol. The Kier molecular flexibility index (Phi) is 2.84. The normalized spacial score (nSPS) is 29.3. The highest BCUT2D eigenvalue weighted by atomic mass is 16.5. The van der Waals surface area contributed by atoms with Gasteiger partial charge in [-0.15, -0.1) is 0 Å². The Bertz CT molecular complexity index is 143. The fourth-order valence-electron chi connectivity index (χ4n) is 1.18. The summed E-state index contributed by atoms with van der Waals surface area (Å²) < 4.78 is 4.66. The molecule has 0 aromatic heterocycles. The Balaban J connectivity index is 2.07. The summed E-state index contributed by atoms with van der Waals surface area (Å²) in [6, 6.07) is 0.565. The van der Waals surface area contributed by atoms with E-state index in [1.165, 1.54) is 7.11 Å². The molecule has 64 valence electrons. The van der Waals surface area contributed by atoms with Gasteiger partial charge in [0, 0.05) is 19.2 Å². The van der Waals surface area contributed by atoms with Gasteiger partial charge in [0.25, 0.3) is 0 Å². The van der Waals surface area contributed by atoms with Gasteiger partial charge in [-0.05, 0) is 12.8 Å². The Labute approximate surface area is 66.1 Å². The lowest BCUT2D eigenvalue weighted by Crippen LogP contribution is -2.51. The number of ether oxygens (including phenoxy) is 1. The first-order valence-electron chi connectivity index (χ1n) is 3.76. The van der Waals surface area contributed by atoms with Crippen LogP contribution < -0.4 is 11.1 Å². The van der Waals surface area contributed by atoms with Crippen molar-refractivity contribution >= 4 is 5.91 Å². The summed E-state index contributed by atoms with van der Waals surface area (Å²) in [5, 5.41) is 2.80. The molecule has 0 spiro atoms. The summed E-state index contributed by atoms with van der Waals surface area (Å²) in [4.78, 5) is 10.9. The van der Waals surface area contributed by atoms with Crippen molar-refractivity contribution in [2.45, 2.75) is 24.9 Å². The predicted molar refractivity (Wildman–Crippen MR) is 41.0 cm³/mol. The van der Waals surface area contributed by atoms with E-state index in [1.54, 1.807) is 0 Å². The minimum absolute atomic E-state index is 0.0515. The lowest BCUT2D eigenvalue weighted by Gasteiger charge is -2.32. The van der Waals surface area contributed by atoms with Crippen LogP contribution in [0.1, 0.15) is 12.8 Å². The zero-order chi connectivity index (χ0) is 8.27. The summed E-state index contributed by atoms with van der Waals surface area (Å²) in [7, 11) is 1.51. The zero-order valence-electron chi connectivity index (χ0n) is 6.67. The summed E-state index contributed by atoms with van der Waals surface area (Å²) in [6.07, 6.45) is 1.80. The van der Waals surface area contributed by atoms with Gasteiger partial charge in [0.05, 0.1) is 0 Å². The second kappa shape index (κ2) is 3.69. The van der Waals surface area contributed by atoms with Crippen molar-refractivity contribution in [2.75, 3.05) is 13.7 Å². The van der Waals surface area contributed by atoms with Crippen LogP contribution in [-0.2, 0) is 9.53 Å². The van der Waals surface area contributed by atoms with E-state index in [4.69, 9.17) is 5.73 Å². The minimum Gasteiger partial charge on any atom is -0.375 e. The number of nitrogens with two attached hydrogens (primary N) is 1. The average molecular weight is 158 g/mol. The molecule has 4 heteroatoms. The summed E-state index contributed by atoms with van der Waals surface area (Å²) in [6.45, 7) is 0.145.